The molecule has 2 fully saturated rings. The Kier molecular flexibility index (Phi) is 5.88. The van der Waals surface area contributed by atoms with E-state index in [2.05, 4.69) is 22.4 Å². The molecule has 0 bridgehead atoms. The number of hydrogen-bond donors (Lipinski definition) is 0. The zero-order valence-corrected chi connectivity index (χ0v) is 16.5. The number of nitrogens with zero attached hydrogens (tertiary/aromatic N) is 2. The van der Waals surface area contributed by atoms with Crippen molar-refractivity contribution in [3.63, 3.8) is 0 Å². The highest BCUT2D eigenvalue weighted by Crippen LogP contribution is 2.26. The summed E-state index contributed by atoms with van der Waals surface area (Å²) in [5, 5.41) is 2.13. The number of carbonyl (C=O) groups is 1. The lowest BCUT2D eigenvalue weighted by Gasteiger charge is -2.23. The largest absolute Gasteiger partial charge is 0.380 e. The number of benzene rings is 1. The first-order chi connectivity index (χ1) is 13.2. The molecule has 2 aliphatic rings. The number of rotatable bonds is 5. The van der Waals surface area contributed by atoms with Crippen molar-refractivity contribution in [2.45, 2.75) is 19.3 Å². The molecule has 0 radical (unpaired) electrons. The maximum Gasteiger partial charge on any atom is 0.253 e. The molecule has 1 amide bonds. The summed E-state index contributed by atoms with van der Waals surface area (Å²) in [4.78, 5) is 18.7. The van der Waals surface area contributed by atoms with E-state index in [1.165, 1.54) is 4.88 Å². The van der Waals surface area contributed by atoms with Crippen LogP contribution in [0.5, 0.6) is 0 Å². The summed E-state index contributed by atoms with van der Waals surface area (Å²) in [6.45, 7) is 5.68. The quantitative estimate of drug-likeness (QED) is 0.793. The minimum atomic E-state index is 0.0976. The van der Waals surface area contributed by atoms with Gasteiger partial charge in [0.05, 0.1) is 19.3 Å². The van der Waals surface area contributed by atoms with Crippen LogP contribution in [0.15, 0.2) is 41.8 Å². The fourth-order valence-electron chi connectivity index (χ4n) is 3.99. The van der Waals surface area contributed by atoms with Gasteiger partial charge in [0.2, 0.25) is 0 Å². The van der Waals surface area contributed by atoms with E-state index in [1.807, 2.05) is 29.2 Å². The van der Waals surface area contributed by atoms with E-state index in [9.17, 15) is 4.79 Å². The first-order valence-corrected chi connectivity index (χ1v) is 10.3. The molecule has 0 unspecified atom stereocenters. The van der Waals surface area contributed by atoms with E-state index in [0.29, 0.717) is 19.1 Å². The summed E-state index contributed by atoms with van der Waals surface area (Å²) in [5.74, 6) is 0.477. The lowest BCUT2D eigenvalue weighted by Crippen LogP contribution is -2.33. The zero-order valence-electron chi connectivity index (χ0n) is 15.7. The number of methoxy groups -OCH3 is 1. The molecule has 2 saturated heterocycles. The molecule has 144 valence electrons. The Morgan fingerprint density at radius 1 is 1.22 bits per heavy atom. The minimum Gasteiger partial charge on any atom is -0.380 e. The summed E-state index contributed by atoms with van der Waals surface area (Å²) in [5.41, 5.74) is 1.81. The topological polar surface area (TPSA) is 42.0 Å². The molecule has 0 saturated carbocycles. The van der Waals surface area contributed by atoms with Gasteiger partial charge in [0.1, 0.15) is 0 Å². The van der Waals surface area contributed by atoms with Gasteiger partial charge in [-0.1, -0.05) is 18.2 Å². The van der Waals surface area contributed by atoms with Gasteiger partial charge in [-0.25, -0.2) is 0 Å². The van der Waals surface area contributed by atoms with Crippen molar-refractivity contribution in [2.24, 2.45) is 5.92 Å². The number of amides is 1. The van der Waals surface area contributed by atoms with E-state index in [-0.39, 0.29) is 12.0 Å². The van der Waals surface area contributed by atoms with Crippen LogP contribution in [0, 0.1) is 5.92 Å². The normalized spacial score (nSPS) is 23.2. The van der Waals surface area contributed by atoms with Gasteiger partial charge < -0.3 is 14.4 Å². The Balaban J connectivity index is 1.38. The molecule has 3 heterocycles. The number of carbonyl (C=O) groups excluding carboxylic acids is 1. The van der Waals surface area contributed by atoms with Gasteiger partial charge in [-0.15, -0.1) is 11.3 Å². The van der Waals surface area contributed by atoms with Crippen molar-refractivity contribution in [3.8, 4) is 0 Å². The maximum absolute atomic E-state index is 12.9. The third kappa shape index (κ3) is 4.41. The van der Waals surface area contributed by atoms with Crippen LogP contribution in [0.2, 0.25) is 0 Å². The van der Waals surface area contributed by atoms with Gasteiger partial charge in [0.15, 0.2) is 0 Å². The monoisotopic (exact) mass is 386 g/mol. The molecule has 1 aromatic heterocycles. The molecule has 4 rings (SSSR count). The van der Waals surface area contributed by atoms with E-state index < -0.39 is 0 Å². The van der Waals surface area contributed by atoms with Gasteiger partial charge in [-0.2, -0.15) is 0 Å². The zero-order chi connectivity index (χ0) is 18.6. The van der Waals surface area contributed by atoms with Crippen LogP contribution >= 0.6 is 11.3 Å². The molecule has 27 heavy (non-hydrogen) atoms. The molecule has 2 atom stereocenters. The Morgan fingerprint density at radius 3 is 2.81 bits per heavy atom. The van der Waals surface area contributed by atoms with Gasteiger partial charge in [-0.3, -0.25) is 9.69 Å². The van der Waals surface area contributed by atoms with Crippen LogP contribution in [-0.4, -0.2) is 61.7 Å². The number of hydrogen-bond acceptors (Lipinski definition) is 5. The van der Waals surface area contributed by atoms with Crippen LogP contribution in [-0.2, 0) is 22.6 Å². The third-order valence-electron chi connectivity index (χ3n) is 5.37. The van der Waals surface area contributed by atoms with Gasteiger partial charge in [0.25, 0.3) is 5.91 Å². The predicted molar refractivity (Wildman–Crippen MR) is 106 cm³/mol. The van der Waals surface area contributed by atoms with Crippen molar-refractivity contribution >= 4 is 17.2 Å². The first-order valence-electron chi connectivity index (χ1n) is 9.46. The van der Waals surface area contributed by atoms with Crippen LogP contribution < -0.4 is 0 Å². The van der Waals surface area contributed by atoms with Crippen molar-refractivity contribution in [2.75, 3.05) is 39.9 Å². The second kappa shape index (κ2) is 8.52. The summed E-state index contributed by atoms with van der Waals surface area (Å²) in [6, 6.07) is 12.0. The number of ether oxygens (including phenoxy) is 2. The molecule has 0 aliphatic carbocycles. The average Bonchev–Trinajstić information content (AvgIpc) is 3.29. The molecule has 5 nitrogen and oxygen atoms in total. The Hall–Kier alpha value is -1.73. The molecule has 2 aliphatic heterocycles. The first kappa shape index (κ1) is 18.6. The van der Waals surface area contributed by atoms with Crippen molar-refractivity contribution in [1.82, 2.24) is 9.80 Å². The van der Waals surface area contributed by atoms with E-state index >= 15 is 0 Å². The fraction of sp³-hybridized carbons (Fsp3) is 0.476. The second-order valence-electron chi connectivity index (χ2n) is 7.32. The summed E-state index contributed by atoms with van der Waals surface area (Å²) >= 11 is 1.80. The van der Waals surface area contributed by atoms with Crippen LogP contribution in [0.1, 0.15) is 20.8 Å². The van der Waals surface area contributed by atoms with E-state index in [4.69, 9.17) is 9.47 Å². The van der Waals surface area contributed by atoms with Crippen molar-refractivity contribution in [1.29, 1.82) is 0 Å². The number of fused-ring (bicyclic) bond motifs is 1. The second-order valence-corrected chi connectivity index (χ2v) is 8.36. The molecule has 6 heteroatoms. The number of likely N-dealkylation sites (tertiary alicyclic amines) is 1. The standard InChI is InChI=1S/C21H26N2O3S/c1-25-15-16-4-6-17(7-5-16)21(24)23-12-18-11-22(8-9-26-20(18)14-23)13-19-3-2-10-27-19/h2-7,10,18,20H,8-9,11-15H2,1H3/t18-,20+/m0/s1. The smallest absolute Gasteiger partial charge is 0.253 e. The van der Waals surface area contributed by atoms with Crippen molar-refractivity contribution in [3.05, 3.63) is 57.8 Å². The Morgan fingerprint density at radius 2 is 2.07 bits per heavy atom. The van der Waals surface area contributed by atoms with Crippen molar-refractivity contribution < 1.29 is 14.3 Å². The molecule has 0 spiro atoms. The minimum absolute atomic E-state index is 0.0976. The Bertz CT molecular complexity index is 747. The predicted octanol–water partition coefficient (Wildman–Crippen LogP) is 2.87. The average molecular weight is 387 g/mol. The molecule has 2 aromatic rings. The van der Waals surface area contributed by atoms with Crippen LogP contribution in [0.4, 0.5) is 0 Å². The molecule has 1 aromatic carbocycles. The van der Waals surface area contributed by atoms with Crippen LogP contribution in [0.25, 0.3) is 0 Å². The summed E-state index contributed by atoms with van der Waals surface area (Å²) < 4.78 is 11.2. The molecule has 0 N–H and O–H groups in total. The highest BCUT2D eigenvalue weighted by molar-refractivity contribution is 7.09. The lowest BCUT2D eigenvalue weighted by molar-refractivity contribution is 0.0483. The summed E-state index contributed by atoms with van der Waals surface area (Å²) in [7, 11) is 1.68. The highest BCUT2D eigenvalue weighted by atomic mass is 32.1. The lowest BCUT2D eigenvalue weighted by atomic mass is 10.1. The summed E-state index contributed by atoms with van der Waals surface area (Å²) in [6.07, 6.45) is 0.148. The van der Waals surface area contributed by atoms with Gasteiger partial charge >= 0.3 is 0 Å². The number of thiophene rings is 1. The van der Waals surface area contributed by atoms with Gasteiger partial charge in [-0.05, 0) is 29.1 Å². The maximum atomic E-state index is 12.9. The SMILES string of the molecule is COCc1ccc(C(=O)N2C[C@@H]3CN(Cc4cccs4)CCO[C@@H]3C2)cc1. The molecular weight excluding hydrogens is 360 g/mol. The van der Waals surface area contributed by atoms with E-state index in [1.54, 1.807) is 18.4 Å². The van der Waals surface area contributed by atoms with E-state index in [0.717, 1.165) is 43.9 Å². The molecular formula is C21H26N2O3S. The van der Waals surface area contributed by atoms with Gasteiger partial charge in [0, 0.05) is 56.2 Å². The Labute approximate surface area is 164 Å². The third-order valence-corrected chi connectivity index (χ3v) is 6.23. The fourth-order valence-corrected chi connectivity index (χ4v) is 4.73. The highest BCUT2D eigenvalue weighted by Gasteiger charge is 2.38. The van der Waals surface area contributed by atoms with Crippen LogP contribution in [0.3, 0.4) is 0 Å².